The van der Waals surface area contributed by atoms with E-state index < -0.39 is 28.6 Å². The highest BCUT2D eigenvalue weighted by molar-refractivity contribution is 5.66. The van der Waals surface area contributed by atoms with Crippen molar-refractivity contribution in [1.82, 2.24) is 14.6 Å². The molecule has 0 spiro atoms. The quantitative estimate of drug-likeness (QED) is 0.743. The summed E-state index contributed by atoms with van der Waals surface area (Å²) in [5.74, 6) is -3.23. The SMILES string of the molecule is Cc1c(-c2c(F)cc(F)cc2F)nc2cc[nH]n2c1=O. The van der Waals surface area contributed by atoms with E-state index in [0.717, 1.165) is 4.52 Å². The molecule has 0 aliphatic rings. The first-order valence-electron chi connectivity index (χ1n) is 5.70. The number of aromatic nitrogens is 3. The van der Waals surface area contributed by atoms with Gasteiger partial charge in [-0.25, -0.2) is 22.7 Å². The van der Waals surface area contributed by atoms with Gasteiger partial charge in [0.05, 0.1) is 11.3 Å². The Hall–Kier alpha value is -2.57. The number of halogens is 3. The third-order valence-electron chi connectivity index (χ3n) is 3.01. The molecular formula is C13H8F3N3O. The minimum Gasteiger partial charge on any atom is -0.297 e. The number of H-pyrrole nitrogens is 1. The summed E-state index contributed by atoms with van der Waals surface area (Å²) in [6, 6.07) is 2.60. The minimum atomic E-state index is -1.10. The van der Waals surface area contributed by atoms with Gasteiger partial charge in [0.25, 0.3) is 5.56 Å². The molecule has 7 heteroatoms. The largest absolute Gasteiger partial charge is 0.297 e. The lowest BCUT2D eigenvalue weighted by Gasteiger charge is -2.08. The zero-order valence-electron chi connectivity index (χ0n) is 10.2. The van der Waals surface area contributed by atoms with Crippen molar-refractivity contribution in [2.75, 3.05) is 0 Å². The summed E-state index contributed by atoms with van der Waals surface area (Å²) in [5.41, 5.74) is -0.833. The van der Waals surface area contributed by atoms with E-state index in [1.54, 1.807) is 0 Å². The molecule has 3 aromatic rings. The molecule has 1 N–H and O–H groups in total. The van der Waals surface area contributed by atoms with Gasteiger partial charge in [-0.15, -0.1) is 0 Å². The van der Waals surface area contributed by atoms with Crippen LogP contribution >= 0.6 is 0 Å². The first-order valence-corrected chi connectivity index (χ1v) is 5.70. The molecule has 0 atom stereocenters. The fraction of sp³-hybridized carbons (Fsp3) is 0.0769. The minimum absolute atomic E-state index is 0.0642. The van der Waals surface area contributed by atoms with Crippen LogP contribution in [-0.2, 0) is 0 Å². The summed E-state index contributed by atoms with van der Waals surface area (Å²) in [5, 5.41) is 2.64. The van der Waals surface area contributed by atoms with Gasteiger partial charge in [0.2, 0.25) is 0 Å². The van der Waals surface area contributed by atoms with E-state index in [2.05, 4.69) is 10.1 Å². The third-order valence-corrected chi connectivity index (χ3v) is 3.01. The molecule has 1 aromatic carbocycles. The lowest BCUT2D eigenvalue weighted by molar-refractivity contribution is 0.547. The average Bonchev–Trinajstić information content (AvgIpc) is 2.82. The molecule has 0 radical (unpaired) electrons. The van der Waals surface area contributed by atoms with Crippen molar-refractivity contribution in [3.8, 4) is 11.3 Å². The van der Waals surface area contributed by atoms with Gasteiger partial charge in [-0.2, -0.15) is 0 Å². The molecule has 4 nitrogen and oxygen atoms in total. The van der Waals surface area contributed by atoms with Crippen LogP contribution < -0.4 is 5.56 Å². The van der Waals surface area contributed by atoms with Crippen LogP contribution in [0.15, 0.2) is 29.2 Å². The van der Waals surface area contributed by atoms with E-state index in [-0.39, 0.29) is 16.9 Å². The molecule has 2 heterocycles. The molecule has 0 unspecified atom stereocenters. The van der Waals surface area contributed by atoms with Crippen molar-refractivity contribution >= 4 is 5.65 Å². The Morgan fingerprint density at radius 2 is 1.85 bits per heavy atom. The van der Waals surface area contributed by atoms with Crippen LogP contribution in [-0.4, -0.2) is 14.6 Å². The van der Waals surface area contributed by atoms with Gasteiger partial charge in [0.1, 0.15) is 17.5 Å². The zero-order valence-corrected chi connectivity index (χ0v) is 10.2. The molecule has 2 aromatic heterocycles. The van der Waals surface area contributed by atoms with Crippen molar-refractivity contribution in [2.24, 2.45) is 0 Å². The highest BCUT2D eigenvalue weighted by atomic mass is 19.1. The van der Waals surface area contributed by atoms with Crippen molar-refractivity contribution in [2.45, 2.75) is 6.92 Å². The smallest absolute Gasteiger partial charge is 0.276 e. The Labute approximate surface area is 110 Å². The van der Waals surface area contributed by atoms with Crippen molar-refractivity contribution < 1.29 is 13.2 Å². The molecule has 102 valence electrons. The number of nitrogens with one attached hydrogen (secondary N) is 1. The number of aromatic amines is 1. The highest BCUT2D eigenvalue weighted by Gasteiger charge is 2.19. The Morgan fingerprint density at radius 3 is 2.50 bits per heavy atom. The van der Waals surface area contributed by atoms with Crippen LogP contribution in [0, 0.1) is 24.4 Å². The van der Waals surface area contributed by atoms with Crippen molar-refractivity contribution in [3.63, 3.8) is 0 Å². The van der Waals surface area contributed by atoms with Gasteiger partial charge in [0.15, 0.2) is 5.65 Å². The number of benzene rings is 1. The number of hydrogen-bond acceptors (Lipinski definition) is 2. The molecule has 0 fully saturated rings. The molecule has 0 aliphatic heterocycles. The van der Waals surface area contributed by atoms with Gasteiger partial charge >= 0.3 is 0 Å². The summed E-state index contributed by atoms with van der Waals surface area (Å²) in [6.45, 7) is 1.40. The number of nitrogens with zero attached hydrogens (tertiary/aromatic N) is 2. The Morgan fingerprint density at radius 1 is 1.20 bits per heavy atom. The Kier molecular flexibility index (Phi) is 2.63. The maximum absolute atomic E-state index is 13.8. The van der Waals surface area contributed by atoms with E-state index in [4.69, 9.17) is 0 Å². The fourth-order valence-corrected chi connectivity index (χ4v) is 2.06. The second-order valence-corrected chi connectivity index (χ2v) is 4.29. The molecule has 20 heavy (non-hydrogen) atoms. The summed E-state index contributed by atoms with van der Waals surface area (Å²) < 4.78 is 41.7. The van der Waals surface area contributed by atoms with E-state index in [9.17, 15) is 18.0 Å². The maximum Gasteiger partial charge on any atom is 0.276 e. The number of hydrogen-bond donors (Lipinski definition) is 1. The molecular weight excluding hydrogens is 271 g/mol. The van der Waals surface area contributed by atoms with Crippen LogP contribution in [0.1, 0.15) is 5.56 Å². The van der Waals surface area contributed by atoms with Gasteiger partial charge in [-0.3, -0.25) is 9.89 Å². The number of fused-ring (bicyclic) bond motifs is 1. The van der Waals surface area contributed by atoms with Crippen LogP contribution in [0.4, 0.5) is 13.2 Å². The Bertz CT molecular complexity index is 859. The first-order chi connectivity index (χ1) is 9.49. The third kappa shape index (κ3) is 1.70. The second-order valence-electron chi connectivity index (χ2n) is 4.29. The molecule has 0 bridgehead atoms. The number of rotatable bonds is 1. The van der Waals surface area contributed by atoms with E-state index in [1.165, 1.54) is 19.2 Å². The van der Waals surface area contributed by atoms with Crippen molar-refractivity contribution in [3.05, 3.63) is 57.8 Å². The van der Waals surface area contributed by atoms with E-state index >= 15 is 0 Å². The lowest BCUT2D eigenvalue weighted by Crippen LogP contribution is -2.19. The second kappa shape index (κ2) is 4.22. The van der Waals surface area contributed by atoms with E-state index in [1.807, 2.05) is 0 Å². The van der Waals surface area contributed by atoms with Gasteiger partial charge < -0.3 is 0 Å². The molecule has 0 saturated carbocycles. The summed E-state index contributed by atoms with van der Waals surface area (Å²) >= 11 is 0. The van der Waals surface area contributed by atoms with Gasteiger partial charge in [-0.1, -0.05) is 0 Å². The topological polar surface area (TPSA) is 50.2 Å². The lowest BCUT2D eigenvalue weighted by atomic mass is 10.1. The van der Waals surface area contributed by atoms with Gasteiger partial charge in [-0.05, 0) is 6.92 Å². The summed E-state index contributed by atoms with van der Waals surface area (Å²) in [4.78, 5) is 16.1. The Balaban J connectivity index is 2.41. The van der Waals surface area contributed by atoms with E-state index in [0.29, 0.717) is 12.1 Å². The molecule has 0 aliphatic carbocycles. The van der Waals surface area contributed by atoms with Gasteiger partial charge in [0, 0.05) is 30.0 Å². The van der Waals surface area contributed by atoms with Crippen LogP contribution in [0.3, 0.4) is 0 Å². The molecule has 0 saturated heterocycles. The maximum atomic E-state index is 13.8. The normalized spacial score (nSPS) is 11.2. The van der Waals surface area contributed by atoms with Crippen molar-refractivity contribution in [1.29, 1.82) is 0 Å². The predicted molar refractivity (Wildman–Crippen MR) is 65.9 cm³/mol. The monoisotopic (exact) mass is 279 g/mol. The van der Waals surface area contributed by atoms with Crippen LogP contribution in [0.25, 0.3) is 16.9 Å². The van der Waals surface area contributed by atoms with Crippen LogP contribution in [0.5, 0.6) is 0 Å². The summed E-state index contributed by atoms with van der Waals surface area (Å²) in [6.07, 6.45) is 1.48. The zero-order chi connectivity index (χ0) is 14.4. The molecule has 0 amide bonds. The first kappa shape index (κ1) is 12.5. The standard InChI is InChI=1S/C13H8F3N3O/c1-6-12(11-8(15)4-7(14)5-9(11)16)18-10-2-3-17-19(10)13(6)20/h2-5,17H,1H3. The average molecular weight is 279 g/mol. The summed E-state index contributed by atoms with van der Waals surface area (Å²) in [7, 11) is 0. The van der Waals surface area contributed by atoms with Crippen LogP contribution in [0.2, 0.25) is 0 Å². The fourth-order valence-electron chi connectivity index (χ4n) is 2.06. The molecule has 3 rings (SSSR count). The predicted octanol–water partition coefficient (Wildman–Crippen LogP) is 2.42. The highest BCUT2D eigenvalue weighted by Crippen LogP contribution is 2.27.